The maximum Gasteiger partial charge on any atom is 0.636 e. The van der Waals surface area contributed by atoms with Gasteiger partial charge in [0.2, 0.25) is 34.9 Å². The highest BCUT2D eigenvalue weighted by atomic mass is 19.2. The van der Waals surface area contributed by atoms with E-state index in [4.69, 9.17) is 4.65 Å². The Morgan fingerprint density at radius 1 is 0.276 bits per heavy atom. The summed E-state index contributed by atoms with van der Waals surface area (Å²) in [5.74, 6) is -56.1. The molecule has 0 saturated carbocycles. The molecule has 0 bridgehead atoms. The van der Waals surface area contributed by atoms with Gasteiger partial charge in [-0.1, -0.05) is 18.2 Å². The first-order chi connectivity index (χ1) is 27.2. The molecule has 0 N–H and O–H groups in total. The minimum Gasteiger partial charge on any atom is -0.519 e. The quantitative estimate of drug-likeness (QED) is 0.0429. The standard InChI is InChI=1S/C36H4BF19O2/c38-7-4-2-5-1-3-6-9-8(5)10(7)19(41)20(42)11(9)21(43)25(47)16(6)37(58-36-33(55)30(52)29(51)31(53)34(36)56)57-35-15-14(24(46)28(50)32(35)54)17(39)12-13(18(15)40)23(45)27(49)26(48)22(12)44/h1-4H. The van der Waals surface area contributed by atoms with Crippen LogP contribution in [0.3, 0.4) is 0 Å². The fourth-order valence-electron chi connectivity index (χ4n) is 6.71. The first kappa shape index (κ1) is 38.5. The van der Waals surface area contributed by atoms with Crippen molar-refractivity contribution in [3.63, 3.8) is 0 Å². The summed E-state index contributed by atoms with van der Waals surface area (Å²) in [4.78, 5) is 0. The number of fused-ring (bicyclic) bond motifs is 2. The number of benzene rings is 8. The predicted molar refractivity (Wildman–Crippen MR) is 164 cm³/mol. The van der Waals surface area contributed by atoms with Crippen LogP contribution in [0.4, 0.5) is 83.4 Å². The van der Waals surface area contributed by atoms with Gasteiger partial charge in [0.15, 0.2) is 69.7 Å². The summed E-state index contributed by atoms with van der Waals surface area (Å²) in [5, 5.41) is -15.5. The molecule has 0 radical (unpaired) electrons. The molecule has 296 valence electrons. The number of hydrogen-bond acceptors (Lipinski definition) is 2. The molecule has 0 aliphatic rings. The lowest BCUT2D eigenvalue weighted by Gasteiger charge is -2.23. The van der Waals surface area contributed by atoms with Crippen LogP contribution in [0.25, 0.3) is 53.9 Å². The number of halogens is 19. The third-order valence-electron chi connectivity index (χ3n) is 9.24. The highest BCUT2D eigenvalue weighted by Gasteiger charge is 2.43. The zero-order chi connectivity index (χ0) is 42.3. The van der Waals surface area contributed by atoms with E-state index in [2.05, 4.69) is 4.65 Å². The number of rotatable bonds is 5. The third kappa shape index (κ3) is 4.85. The van der Waals surface area contributed by atoms with Crippen molar-refractivity contribution in [2.24, 2.45) is 0 Å². The van der Waals surface area contributed by atoms with Crippen LogP contribution in [-0.4, -0.2) is 7.12 Å². The van der Waals surface area contributed by atoms with E-state index in [1.165, 1.54) is 0 Å². The van der Waals surface area contributed by atoms with Crippen LogP contribution in [0, 0.1) is 111 Å². The SMILES string of the molecule is Fc1c(F)c(F)c(OB(Oc2c(F)c(F)c(F)c3c(F)c4c(F)c(F)c(F)c(F)c4c(F)c23)c2c(F)c(F)c3c(F)c(F)c4c(F)ccc5ccc2c3c54)c(F)c1F. The van der Waals surface area contributed by atoms with Crippen LogP contribution in [-0.2, 0) is 0 Å². The van der Waals surface area contributed by atoms with Crippen LogP contribution < -0.4 is 14.8 Å². The van der Waals surface area contributed by atoms with Gasteiger partial charge < -0.3 is 9.31 Å². The van der Waals surface area contributed by atoms with Gasteiger partial charge in [0.25, 0.3) is 0 Å². The van der Waals surface area contributed by atoms with E-state index in [0.717, 1.165) is 12.1 Å². The van der Waals surface area contributed by atoms with Crippen molar-refractivity contribution in [1.29, 1.82) is 0 Å². The molecule has 22 heteroatoms. The van der Waals surface area contributed by atoms with E-state index in [1.54, 1.807) is 0 Å². The Hall–Kier alpha value is -6.35. The Labute approximate surface area is 305 Å². The third-order valence-corrected chi connectivity index (χ3v) is 9.24. The molecule has 0 amide bonds. The van der Waals surface area contributed by atoms with Crippen LogP contribution >= 0.6 is 0 Å². The first-order valence-corrected chi connectivity index (χ1v) is 15.3. The van der Waals surface area contributed by atoms with Gasteiger partial charge in [-0.2, -0.15) is 13.2 Å². The van der Waals surface area contributed by atoms with Gasteiger partial charge in [-0.15, -0.1) is 0 Å². The maximum absolute atomic E-state index is 16.3. The van der Waals surface area contributed by atoms with Gasteiger partial charge in [-0.05, 0) is 16.8 Å². The fraction of sp³-hybridized carbons (Fsp3) is 0. The Morgan fingerprint density at radius 3 is 1.21 bits per heavy atom. The smallest absolute Gasteiger partial charge is 0.519 e. The Balaban J connectivity index is 1.54. The lowest BCUT2D eigenvalue weighted by atomic mass is 9.73. The van der Waals surface area contributed by atoms with Gasteiger partial charge in [-0.25, -0.2) is 70.2 Å². The zero-order valence-corrected chi connectivity index (χ0v) is 26.9. The maximum atomic E-state index is 16.3. The molecule has 0 aromatic heterocycles. The molecule has 58 heavy (non-hydrogen) atoms. The Kier molecular flexibility index (Phi) is 8.52. The second kappa shape index (κ2) is 12.8. The second-order valence-corrected chi connectivity index (χ2v) is 12.2. The van der Waals surface area contributed by atoms with Gasteiger partial charge in [-0.3, -0.25) is 0 Å². The average Bonchev–Trinajstić information content (AvgIpc) is 3.19. The molecule has 0 spiro atoms. The number of hydrogen-bond donors (Lipinski definition) is 0. The van der Waals surface area contributed by atoms with E-state index in [1.807, 2.05) is 0 Å². The topological polar surface area (TPSA) is 18.5 Å². The Morgan fingerprint density at radius 2 is 0.638 bits per heavy atom. The Bertz CT molecular complexity index is 3160. The molecule has 0 aliphatic carbocycles. The van der Waals surface area contributed by atoms with Crippen LogP contribution in [0.5, 0.6) is 11.5 Å². The van der Waals surface area contributed by atoms with Crippen LogP contribution in [0.2, 0.25) is 0 Å². The van der Waals surface area contributed by atoms with Gasteiger partial charge in [0, 0.05) is 10.8 Å². The highest BCUT2D eigenvalue weighted by Crippen LogP contribution is 2.45. The minimum absolute atomic E-state index is 0.289. The van der Waals surface area contributed by atoms with E-state index in [-0.39, 0.29) is 5.39 Å². The second-order valence-electron chi connectivity index (χ2n) is 12.2. The van der Waals surface area contributed by atoms with Crippen molar-refractivity contribution in [2.45, 2.75) is 0 Å². The van der Waals surface area contributed by atoms with Crippen LogP contribution in [0.15, 0.2) is 24.3 Å². The fourth-order valence-corrected chi connectivity index (χ4v) is 6.71. The molecule has 0 saturated heterocycles. The van der Waals surface area contributed by atoms with Gasteiger partial charge in [0.1, 0.15) is 17.5 Å². The molecule has 0 fully saturated rings. The molecule has 8 aromatic carbocycles. The highest BCUT2D eigenvalue weighted by molar-refractivity contribution is 6.66. The lowest BCUT2D eigenvalue weighted by Crippen LogP contribution is -2.46. The van der Waals surface area contributed by atoms with E-state index >= 15 is 48.3 Å². The summed E-state index contributed by atoms with van der Waals surface area (Å²) in [6.45, 7) is 0. The van der Waals surface area contributed by atoms with Gasteiger partial charge in [0.05, 0.1) is 37.8 Å². The van der Waals surface area contributed by atoms with Crippen molar-refractivity contribution >= 4 is 66.4 Å². The molecular weight excluding hydrogens is 836 g/mol. The van der Waals surface area contributed by atoms with Crippen LogP contribution in [0.1, 0.15) is 0 Å². The molecule has 0 heterocycles. The lowest BCUT2D eigenvalue weighted by molar-refractivity contribution is 0.331. The van der Waals surface area contributed by atoms with Gasteiger partial charge >= 0.3 is 7.12 Å². The molecule has 0 atom stereocenters. The van der Waals surface area contributed by atoms with Crippen molar-refractivity contribution in [2.75, 3.05) is 0 Å². The zero-order valence-electron chi connectivity index (χ0n) is 26.9. The average molecular weight is 840 g/mol. The summed E-state index contributed by atoms with van der Waals surface area (Å²) >= 11 is 0. The summed E-state index contributed by atoms with van der Waals surface area (Å²) in [6, 6.07) is 2.88. The van der Waals surface area contributed by atoms with Crippen molar-refractivity contribution in [1.82, 2.24) is 0 Å². The first-order valence-electron chi connectivity index (χ1n) is 15.3. The minimum atomic E-state index is -3.71. The molecular formula is C36H4BF19O2. The monoisotopic (exact) mass is 840 g/mol. The van der Waals surface area contributed by atoms with Crippen molar-refractivity contribution < 1.29 is 92.7 Å². The molecule has 0 unspecified atom stereocenters. The van der Waals surface area contributed by atoms with E-state index in [9.17, 15) is 35.1 Å². The normalized spacial score (nSPS) is 12.1. The summed E-state index contributed by atoms with van der Waals surface area (Å²) in [7, 11) is -3.71. The van der Waals surface area contributed by atoms with Crippen molar-refractivity contribution in [3.05, 3.63) is 135 Å². The summed E-state index contributed by atoms with van der Waals surface area (Å²) in [6.07, 6.45) is 0. The van der Waals surface area contributed by atoms with E-state index in [0.29, 0.717) is 12.1 Å². The largest absolute Gasteiger partial charge is 0.636 e. The predicted octanol–water partition coefficient (Wildman–Crippen LogP) is 11.4. The molecule has 8 rings (SSSR count). The molecule has 8 aromatic rings. The summed E-state index contributed by atoms with van der Waals surface area (Å²) < 4.78 is 296. The molecule has 0 aliphatic heterocycles. The molecule has 2 nitrogen and oxygen atoms in total. The van der Waals surface area contributed by atoms with E-state index < -0.39 is 183 Å². The summed E-state index contributed by atoms with van der Waals surface area (Å²) in [5.41, 5.74) is -1.86. The van der Waals surface area contributed by atoms with Crippen molar-refractivity contribution in [3.8, 4) is 11.5 Å².